The summed E-state index contributed by atoms with van der Waals surface area (Å²) in [6.45, 7) is 4.38. The quantitative estimate of drug-likeness (QED) is 0.659. The number of halogens is 1. The smallest absolute Gasteiger partial charge is 0.0488 e. The second-order valence-electron chi connectivity index (χ2n) is 3.49. The molecule has 0 saturated heterocycles. The van der Waals surface area contributed by atoms with Crippen molar-refractivity contribution in [3.63, 3.8) is 0 Å². The van der Waals surface area contributed by atoms with Gasteiger partial charge in [-0.15, -0.1) is 22.9 Å². The molecule has 2 heteroatoms. The summed E-state index contributed by atoms with van der Waals surface area (Å²) in [5.74, 6) is 0.612. The van der Waals surface area contributed by atoms with Crippen molar-refractivity contribution in [1.82, 2.24) is 0 Å². The molecule has 14 heavy (non-hydrogen) atoms. The minimum atomic E-state index is 0.612. The lowest BCUT2D eigenvalue weighted by Gasteiger charge is -2.04. The van der Waals surface area contributed by atoms with E-state index in [2.05, 4.69) is 31.4 Å². The van der Waals surface area contributed by atoms with Gasteiger partial charge in [0, 0.05) is 10.6 Å². The molecule has 0 aliphatic rings. The molecule has 0 saturated carbocycles. The van der Waals surface area contributed by atoms with Gasteiger partial charge in [-0.1, -0.05) is 19.1 Å². The van der Waals surface area contributed by atoms with Crippen molar-refractivity contribution in [3.8, 4) is 0 Å². The molecule has 2 rings (SSSR count). The molecule has 2 aromatic rings. The van der Waals surface area contributed by atoms with E-state index in [1.165, 1.54) is 26.8 Å². The molecule has 0 nitrogen and oxygen atoms in total. The van der Waals surface area contributed by atoms with Gasteiger partial charge in [0.2, 0.25) is 0 Å². The lowest BCUT2D eigenvalue weighted by molar-refractivity contribution is 1.15. The van der Waals surface area contributed by atoms with Crippen molar-refractivity contribution < 1.29 is 0 Å². The first-order valence-electron chi connectivity index (χ1n) is 4.82. The predicted octanol–water partition coefficient (Wildman–Crippen LogP) is 4.51. The Morgan fingerprint density at radius 3 is 2.64 bits per heavy atom. The summed E-state index contributed by atoms with van der Waals surface area (Å²) in [6, 6.07) is 4.36. The minimum Gasteiger partial charge on any atom is -0.143 e. The van der Waals surface area contributed by atoms with Gasteiger partial charge in [0.25, 0.3) is 0 Å². The molecule has 0 aliphatic heterocycles. The molecule has 0 aliphatic carbocycles. The molecular weight excluding hydrogens is 212 g/mol. The second kappa shape index (κ2) is 3.92. The van der Waals surface area contributed by atoms with Crippen molar-refractivity contribution in [2.45, 2.75) is 26.1 Å². The highest BCUT2D eigenvalue weighted by Crippen LogP contribution is 2.32. The van der Waals surface area contributed by atoms with Crippen molar-refractivity contribution in [2.75, 3.05) is 0 Å². The standard InChI is InChI=1S/C12H13ClS/c1-3-9-4-5-10(6-13)12-11(9)8(2)7-14-12/h4-5,7H,3,6H2,1-2H3. The van der Waals surface area contributed by atoms with Gasteiger partial charge >= 0.3 is 0 Å². The highest BCUT2D eigenvalue weighted by molar-refractivity contribution is 7.17. The van der Waals surface area contributed by atoms with Gasteiger partial charge in [-0.2, -0.15) is 0 Å². The lowest BCUT2D eigenvalue weighted by atomic mass is 10.0. The molecule has 74 valence electrons. The zero-order chi connectivity index (χ0) is 10.1. The molecule has 0 amide bonds. The number of hydrogen-bond donors (Lipinski definition) is 0. The molecule has 0 bridgehead atoms. The molecule has 0 fully saturated rings. The average Bonchev–Trinajstić information content (AvgIpc) is 2.60. The Balaban J connectivity index is 2.81. The highest BCUT2D eigenvalue weighted by atomic mass is 35.5. The Morgan fingerprint density at radius 2 is 2.00 bits per heavy atom. The first-order valence-corrected chi connectivity index (χ1v) is 6.23. The van der Waals surface area contributed by atoms with E-state index in [0.29, 0.717) is 5.88 Å². The first-order chi connectivity index (χ1) is 6.77. The summed E-state index contributed by atoms with van der Waals surface area (Å²) in [5.41, 5.74) is 4.08. The lowest BCUT2D eigenvalue weighted by Crippen LogP contribution is -1.86. The zero-order valence-corrected chi connectivity index (χ0v) is 10.0. The Hall–Kier alpha value is -0.530. The van der Waals surface area contributed by atoms with Crippen molar-refractivity contribution in [2.24, 2.45) is 0 Å². The summed E-state index contributed by atoms with van der Waals surface area (Å²) in [6.07, 6.45) is 1.09. The van der Waals surface area contributed by atoms with Crippen molar-refractivity contribution >= 4 is 33.0 Å². The third-order valence-electron chi connectivity index (χ3n) is 2.60. The Labute approximate surface area is 93.5 Å². The first kappa shape index (κ1) is 10.0. The second-order valence-corrected chi connectivity index (χ2v) is 4.64. The van der Waals surface area contributed by atoms with Crippen LogP contribution in [0.15, 0.2) is 17.5 Å². The van der Waals surface area contributed by atoms with Gasteiger partial charge in [0.05, 0.1) is 0 Å². The number of hydrogen-bond acceptors (Lipinski definition) is 1. The minimum absolute atomic E-state index is 0.612. The number of rotatable bonds is 2. The van der Waals surface area contributed by atoms with E-state index in [-0.39, 0.29) is 0 Å². The molecule has 0 atom stereocenters. The third kappa shape index (κ3) is 1.45. The average molecular weight is 225 g/mol. The number of fused-ring (bicyclic) bond motifs is 1. The van der Waals surface area contributed by atoms with Crippen LogP contribution in [0, 0.1) is 6.92 Å². The molecule has 0 unspecified atom stereocenters. The van der Waals surface area contributed by atoms with Crippen LogP contribution >= 0.6 is 22.9 Å². The maximum absolute atomic E-state index is 5.92. The topological polar surface area (TPSA) is 0 Å². The van der Waals surface area contributed by atoms with E-state index < -0.39 is 0 Å². The van der Waals surface area contributed by atoms with Crippen molar-refractivity contribution in [1.29, 1.82) is 0 Å². The zero-order valence-electron chi connectivity index (χ0n) is 8.43. The largest absolute Gasteiger partial charge is 0.143 e. The van der Waals surface area contributed by atoms with Crippen LogP contribution in [0.3, 0.4) is 0 Å². The fourth-order valence-corrected chi connectivity index (χ4v) is 3.26. The van der Waals surface area contributed by atoms with Crippen LogP contribution in [-0.4, -0.2) is 0 Å². The molecule has 1 aromatic heterocycles. The fourth-order valence-electron chi connectivity index (χ4n) is 1.84. The maximum Gasteiger partial charge on any atom is 0.0488 e. The number of aryl methyl sites for hydroxylation is 2. The van der Waals surface area contributed by atoms with E-state index in [0.717, 1.165) is 6.42 Å². The molecule has 0 N–H and O–H groups in total. The van der Waals surface area contributed by atoms with Crippen LogP contribution in [0.25, 0.3) is 10.1 Å². The summed E-state index contributed by atoms with van der Waals surface area (Å²) < 4.78 is 1.37. The van der Waals surface area contributed by atoms with Crippen LogP contribution in [0.4, 0.5) is 0 Å². The fraction of sp³-hybridized carbons (Fsp3) is 0.333. The van der Waals surface area contributed by atoms with Gasteiger partial charge in [-0.05, 0) is 40.8 Å². The van der Waals surface area contributed by atoms with E-state index in [9.17, 15) is 0 Å². The van der Waals surface area contributed by atoms with Crippen LogP contribution in [0.2, 0.25) is 0 Å². The number of alkyl halides is 1. The predicted molar refractivity (Wildman–Crippen MR) is 65.5 cm³/mol. The molecule has 0 radical (unpaired) electrons. The number of thiophene rings is 1. The molecular formula is C12H13ClS. The van der Waals surface area contributed by atoms with Gasteiger partial charge in [0.1, 0.15) is 0 Å². The van der Waals surface area contributed by atoms with E-state index in [1.54, 1.807) is 0 Å². The molecule has 1 aromatic carbocycles. The Morgan fingerprint density at radius 1 is 1.29 bits per heavy atom. The highest BCUT2D eigenvalue weighted by Gasteiger charge is 2.08. The SMILES string of the molecule is CCc1ccc(CCl)c2scc(C)c12. The maximum atomic E-state index is 5.92. The van der Waals surface area contributed by atoms with Crippen LogP contribution in [0.5, 0.6) is 0 Å². The molecule has 0 spiro atoms. The van der Waals surface area contributed by atoms with Gasteiger partial charge in [-0.3, -0.25) is 0 Å². The summed E-state index contributed by atoms with van der Waals surface area (Å²) >= 11 is 7.73. The van der Waals surface area contributed by atoms with E-state index in [1.807, 2.05) is 11.3 Å². The summed E-state index contributed by atoms with van der Waals surface area (Å²) in [7, 11) is 0. The molecule has 1 heterocycles. The Kier molecular flexibility index (Phi) is 2.80. The van der Waals surface area contributed by atoms with Crippen LogP contribution in [-0.2, 0) is 12.3 Å². The summed E-state index contributed by atoms with van der Waals surface area (Å²) in [5, 5.41) is 3.65. The number of benzene rings is 1. The third-order valence-corrected chi connectivity index (χ3v) is 4.06. The van der Waals surface area contributed by atoms with E-state index in [4.69, 9.17) is 11.6 Å². The van der Waals surface area contributed by atoms with Crippen LogP contribution < -0.4 is 0 Å². The van der Waals surface area contributed by atoms with Gasteiger partial charge in [0.15, 0.2) is 0 Å². The monoisotopic (exact) mass is 224 g/mol. The van der Waals surface area contributed by atoms with Crippen LogP contribution in [0.1, 0.15) is 23.6 Å². The van der Waals surface area contributed by atoms with Gasteiger partial charge in [-0.25, -0.2) is 0 Å². The van der Waals surface area contributed by atoms with Gasteiger partial charge < -0.3 is 0 Å². The Bertz CT molecular complexity index is 457. The van der Waals surface area contributed by atoms with Crippen molar-refractivity contribution in [3.05, 3.63) is 34.2 Å². The summed E-state index contributed by atoms with van der Waals surface area (Å²) in [4.78, 5) is 0. The normalized spacial score (nSPS) is 11.1. The van der Waals surface area contributed by atoms with E-state index >= 15 is 0 Å².